The third-order valence-corrected chi connectivity index (χ3v) is 2.95. The Morgan fingerprint density at radius 3 is 3.11 bits per heavy atom. The van der Waals surface area contributed by atoms with Gasteiger partial charge in [-0.25, -0.2) is 4.98 Å². The third-order valence-electron chi connectivity index (χ3n) is 2.95. The van der Waals surface area contributed by atoms with Crippen molar-refractivity contribution < 1.29 is 19.4 Å². The molecular formula is C12H14N2O4. The summed E-state index contributed by atoms with van der Waals surface area (Å²) in [5.74, 6) is -0.626. The first-order chi connectivity index (χ1) is 8.67. The number of carbonyl (C=O) groups is 2. The molecule has 0 aliphatic carbocycles. The molecule has 18 heavy (non-hydrogen) atoms. The number of ether oxygens (including phenoxy) is 1. The van der Waals surface area contributed by atoms with Gasteiger partial charge < -0.3 is 9.84 Å². The van der Waals surface area contributed by atoms with E-state index < -0.39 is 11.9 Å². The molecule has 1 unspecified atom stereocenters. The van der Waals surface area contributed by atoms with Crippen molar-refractivity contribution in [1.29, 1.82) is 0 Å². The summed E-state index contributed by atoms with van der Waals surface area (Å²) in [5, 5.41) is 9.22. The summed E-state index contributed by atoms with van der Waals surface area (Å²) in [7, 11) is 1.30. The van der Waals surface area contributed by atoms with Crippen LogP contribution in [0, 0.1) is 5.92 Å². The van der Waals surface area contributed by atoms with Gasteiger partial charge in [0.15, 0.2) is 0 Å². The highest BCUT2D eigenvalue weighted by molar-refractivity contribution is 5.99. The molecule has 2 rings (SSSR count). The molecule has 1 aromatic heterocycles. The number of anilines is 1. The van der Waals surface area contributed by atoms with Crippen molar-refractivity contribution in [3.8, 4) is 0 Å². The molecule has 1 aliphatic rings. The normalized spacial score (nSPS) is 19.1. The summed E-state index contributed by atoms with van der Waals surface area (Å²) < 4.78 is 4.64. The first kappa shape index (κ1) is 12.5. The van der Waals surface area contributed by atoms with Crippen molar-refractivity contribution >= 4 is 17.7 Å². The lowest BCUT2D eigenvalue weighted by molar-refractivity contribution is -0.145. The minimum Gasteiger partial charge on any atom is -0.469 e. The number of aromatic nitrogens is 1. The van der Waals surface area contributed by atoms with Crippen LogP contribution in [0.4, 0.5) is 5.82 Å². The van der Waals surface area contributed by atoms with Crippen LogP contribution in [-0.2, 0) is 20.9 Å². The molecule has 0 saturated carbocycles. The number of hydrogen-bond acceptors (Lipinski definition) is 5. The molecule has 6 nitrogen and oxygen atoms in total. The van der Waals surface area contributed by atoms with E-state index in [1.165, 1.54) is 12.0 Å². The molecule has 1 aromatic rings. The smallest absolute Gasteiger partial charge is 0.311 e. The number of aliphatic hydroxyl groups excluding tert-OH is 1. The van der Waals surface area contributed by atoms with Gasteiger partial charge in [-0.15, -0.1) is 0 Å². The molecule has 0 radical (unpaired) electrons. The van der Waals surface area contributed by atoms with Crippen LogP contribution in [0.25, 0.3) is 0 Å². The van der Waals surface area contributed by atoms with Crippen LogP contribution in [-0.4, -0.2) is 35.6 Å². The minimum atomic E-state index is -0.462. The molecule has 0 bridgehead atoms. The van der Waals surface area contributed by atoms with Crippen LogP contribution in [0.15, 0.2) is 18.3 Å². The zero-order valence-corrected chi connectivity index (χ0v) is 10.00. The quantitative estimate of drug-likeness (QED) is 0.770. The molecule has 1 atom stereocenters. The highest BCUT2D eigenvalue weighted by Crippen LogP contribution is 2.26. The maximum Gasteiger partial charge on any atom is 0.311 e. The highest BCUT2D eigenvalue weighted by Gasteiger charge is 2.37. The Bertz CT molecular complexity index is 475. The SMILES string of the molecule is COC(=O)C1CC(=O)N(c2ncccc2CO)C1. The molecule has 1 aliphatic heterocycles. The van der Waals surface area contributed by atoms with Gasteiger partial charge >= 0.3 is 5.97 Å². The maximum atomic E-state index is 11.9. The summed E-state index contributed by atoms with van der Waals surface area (Å²) in [6.45, 7) is 0.0470. The van der Waals surface area contributed by atoms with Crippen molar-refractivity contribution in [2.24, 2.45) is 5.92 Å². The maximum absolute atomic E-state index is 11.9. The van der Waals surface area contributed by atoms with E-state index in [0.29, 0.717) is 11.4 Å². The van der Waals surface area contributed by atoms with E-state index in [2.05, 4.69) is 9.72 Å². The summed E-state index contributed by atoms with van der Waals surface area (Å²) in [4.78, 5) is 28.8. The lowest BCUT2D eigenvalue weighted by Crippen LogP contribution is -2.28. The zero-order valence-electron chi connectivity index (χ0n) is 10.00. The third kappa shape index (κ3) is 2.19. The molecule has 1 saturated heterocycles. The summed E-state index contributed by atoms with van der Waals surface area (Å²) >= 11 is 0. The van der Waals surface area contributed by atoms with Crippen molar-refractivity contribution in [3.63, 3.8) is 0 Å². The number of nitrogens with zero attached hydrogens (tertiary/aromatic N) is 2. The van der Waals surface area contributed by atoms with Crippen LogP contribution in [0.2, 0.25) is 0 Å². The standard InChI is InChI=1S/C12H14N2O4/c1-18-12(17)9-5-10(16)14(6-9)11-8(7-15)3-2-4-13-11/h2-4,9,15H,5-7H2,1H3. The van der Waals surface area contributed by atoms with Crippen molar-refractivity contribution in [2.75, 3.05) is 18.6 Å². The first-order valence-corrected chi connectivity index (χ1v) is 5.60. The second-order valence-corrected chi connectivity index (χ2v) is 4.07. The first-order valence-electron chi connectivity index (χ1n) is 5.60. The monoisotopic (exact) mass is 250 g/mol. The molecule has 2 heterocycles. The zero-order chi connectivity index (χ0) is 13.1. The largest absolute Gasteiger partial charge is 0.469 e. The highest BCUT2D eigenvalue weighted by atomic mass is 16.5. The number of amides is 1. The number of rotatable bonds is 3. The van der Waals surface area contributed by atoms with Crippen molar-refractivity contribution in [3.05, 3.63) is 23.9 Å². The van der Waals surface area contributed by atoms with E-state index in [1.807, 2.05) is 0 Å². The molecule has 96 valence electrons. The fourth-order valence-corrected chi connectivity index (χ4v) is 2.03. The predicted octanol–water partition coefficient (Wildman–Crippen LogP) is 0.0998. The van der Waals surface area contributed by atoms with Crippen LogP contribution in [0.3, 0.4) is 0 Å². The van der Waals surface area contributed by atoms with E-state index >= 15 is 0 Å². The Hall–Kier alpha value is -1.95. The lowest BCUT2D eigenvalue weighted by atomic mass is 10.1. The van der Waals surface area contributed by atoms with Crippen LogP contribution >= 0.6 is 0 Å². The number of esters is 1. The van der Waals surface area contributed by atoms with Gasteiger partial charge in [0.25, 0.3) is 0 Å². The summed E-state index contributed by atoms with van der Waals surface area (Å²) in [6.07, 6.45) is 1.67. The molecular weight excluding hydrogens is 236 g/mol. The minimum absolute atomic E-state index is 0.119. The van der Waals surface area contributed by atoms with E-state index in [-0.39, 0.29) is 25.5 Å². The number of hydrogen-bond donors (Lipinski definition) is 1. The van der Waals surface area contributed by atoms with Gasteiger partial charge in [-0.05, 0) is 6.07 Å². The molecule has 1 fully saturated rings. The van der Waals surface area contributed by atoms with E-state index in [4.69, 9.17) is 0 Å². The molecule has 6 heteroatoms. The van der Waals surface area contributed by atoms with Gasteiger partial charge in [0.1, 0.15) is 5.82 Å². The number of carbonyl (C=O) groups excluding carboxylic acids is 2. The van der Waals surface area contributed by atoms with E-state index in [0.717, 1.165) is 0 Å². The Kier molecular flexibility index (Phi) is 3.57. The van der Waals surface area contributed by atoms with Crippen molar-refractivity contribution in [2.45, 2.75) is 13.0 Å². The topological polar surface area (TPSA) is 79.7 Å². The second kappa shape index (κ2) is 5.14. The Labute approximate surface area is 104 Å². The van der Waals surface area contributed by atoms with Crippen LogP contribution < -0.4 is 4.90 Å². The second-order valence-electron chi connectivity index (χ2n) is 4.07. The van der Waals surface area contributed by atoms with Gasteiger partial charge in [0.2, 0.25) is 5.91 Å². The van der Waals surface area contributed by atoms with Crippen LogP contribution in [0.5, 0.6) is 0 Å². The molecule has 1 N–H and O–H groups in total. The van der Waals surface area contributed by atoms with Gasteiger partial charge in [-0.3, -0.25) is 14.5 Å². The average molecular weight is 250 g/mol. The van der Waals surface area contributed by atoms with Gasteiger partial charge in [-0.1, -0.05) is 6.07 Å². The van der Waals surface area contributed by atoms with Gasteiger partial charge in [0, 0.05) is 24.7 Å². The fourth-order valence-electron chi connectivity index (χ4n) is 2.03. The Balaban J connectivity index is 2.24. The Morgan fingerprint density at radius 1 is 1.67 bits per heavy atom. The fraction of sp³-hybridized carbons (Fsp3) is 0.417. The number of pyridine rings is 1. The summed E-state index contributed by atoms with van der Waals surface area (Å²) in [6, 6.07) is 3.38. The number of aliphatic hydroxyl groups is 1. The molecule has 1 amide bonds. The van der Waals surface area contributed by atoms with Gasteiger partial charge in [-0.2, -0.15) is 0 Å². The molecule has 0 aromatic carbocycles. The van der Waals surface area contributed by atoms with E-state index in [1.54, 1.807) is 18.3 Å². The lowest BCUT2D eigenvalue weighted by Gasteiger charge is -2.17. The predicted molar refractivity (Wildman–Crippen MR) is 62.6 cm³/mol. The number of methoxy groups -OCH3 is 1. The van der Waals surface area contributed by atoms with Crippen LogP contribution in [0.1, 0.15) is 12.0 Å². The molecule has 0 spiro atoms. The average Bonchev–Trinajstić information content (AvgIpc) is 2.79. The summed E-state index contributed by atoms with van der Waals surface area (Å²) in [5.41, 5.74) is 0.566. The van der Waals surface area contributed by atoms with Crippen molar-refractivity contribution in [1.82, 2.24) is 4.98 Å². The van der Waals surface area contributed by atoms with E-state index in [9.17, 15) is 14.7 Å². The Morgan fingerprint density at radius 2 is 2.44 bits per heavy atom. The van der Waals surface area contributed by atoms with Gasteiger partial charge in [0.05, 0.1) is 19.6 Å².